The van der Waals surface area contributed by atoms with E-state index in [-0.39, 0.29) is 12.3 Å². The molecule has 1 fully saturated rings. The minimum absolute atomic E-state index is 0.0915. The van der Waals surface area contributed by atoms with E-state index >= 15 is 0 Å². The van der Waals surface area contributed by atoms with Crippen molar-refractivity contribution in [3.05, 3.63) is 30.3 Å². The summed E-state index contributed by atoms with van der Waals surface area (Å²) < 4.78 is 5.53. The van der Waals surface area contributed by atoms with E-state index in [0.717, 1.165) is 18.8 Å². The van der Waals surface area contributed by atoms with Gasteiger partial charge in [0.05, 0.1) is 19.4 Å². The smallest absolute Gasteiger partial charge is 0.304 e. The lowest BCUT2D eigenvalue weighted by atomic mass is 10.2. The van der Waals surface area contributed by atoms with Gasteiger partial charge >= 0.3 is 5.97 Å². The van der Waals surface area contributed by atoms with E-state index in [1.54, 1.807) is 0 Å². The first-order valence-corrected chi connectivity index (χ1v) is 7.55. The monoisotopic (exact) mass is 306 g/mol. The summed E-state index contributed by atoms with van der Waals surface area (Å²) >= 11 is 0. The van der Waals surface area contributed by atoms with Crippen LogP contribution in [0.3, 0.4) is 0 Å². The van der Waals surface area contributed by atoms with Gasteiger partial charge in [-0.25, -0.2) is 0 Å². The van der Waals surface area contributed by atoms with Crippen LogP contribution in [0.1, 0.15) is 12.8 Å². The minimum Gasteiger partial charge on any atom is -0.493 e. The lowest BCUT2D eigenvalue weighted by molar-refractivity contribution is -0.138. The zero-order valence-electron chi connectivity index (χ0n) is 12.6. The molecule has 0 aromatic heterocycles. The Morgan fingerprint density at radius 1 is 1.05 bits per heavy atom. The van der Waals surface area contributed by atoms with Gasteiger partial charge in [0.15, 0.2) is 0 Å². The fourth-order valence-corrected chi connectivity index (χ4v) is 2.41. The predicted octanol–water partition coefficient (Wildman–Crippen LogP) is 1.07. The molecule has 22 heavy (non-hydrogen) atoms. The third-order valence-electron chi connectivity index (χ3n) is 3.69. The lowest BCUT2D eigenvalue weighted by Crippen LogP contribution is -2.49. The molecule has 1 amide bonds. The van der Waals surface area contributed by atoms with Gasteiger partial charge in [-0.3, -0.25) is 14.5 Å². The number of hydrogen-bond acceptors (Lipinski definition) is 4. The SMILES string of the molecule is O=C(O)CCN1CCN(C(=O)CCOc2ccccc2)CC1. The van der Waals surface area contributed by atoms with E-state index in [0.29, 0.717) is 32.7 Å². The van der Waals surface area contributed by atoms with Crippen molar-refractivity contribution >= 4 is 11.9 Å². The molecule has 0 bridgehead atoms. The van der Waals surface area contributed by atoms with Gasteiger partial charge < -0.3 is 14.7 Å². The van der Waals surface area contributed by atoms with Crippen LogP contribution in [-0.4, -0.2) is 66.1 Å². The van der Waals surface area contributed by atoms with Gasteiger partial charge in [-0.15, -0.1) is 0 Å². The Bertz CT molecular complexity index is 484. The number of benzene rings is 1. The van der Waals surface area contributed by atoms with Gasteiger partial charge in [0.25, 0.3) is 0 Å². The van der Waals surface area contributed by atoms with Crippen LogP contribution in [0.4, 0.5) is 0 Å². The summed E-state index contributed by atoms with van der Waals surface area (Å²) in [5, 5.41) is 8.67. The zero-order valence-corrected chi connectivity index (χ0v) is 12.6. The number of carboxylic acids is 1. The maximum absolute atomic E-state index is 12.1. The maximum Gasteiger partial charge on any atom is 0.304 e. The molecule has 0 aliphatic carbocycles. The van der Waals surface area contributed by atoms with Crippen molar-refractivity contribution in [1.82, 2.24) is 9.80 Å². The second kappa shape index (κ2) is 8.38. The summed E-state index contributed by atoms with van der Waals surface area (Å²) in [6.45, 7) is 3.71. The van der Waals surface area contributed by atoms with Crippen LogP contribution >= 0.6 is 0 Å². The summed E-state index contributed by atoms with van der Waals surface area (Å²) in [4.78, 5) is 26.5. The molecule has 0 atom stereocenters. The maximum atomic E-state index is 12.1. The quantitative estimate of drug-likeness (QED) is 0.816. The van der Waals surface area contributed by atoms with Crippen molar-refractivity contribution in [3.63, 3.8) is 0 Å². The van der Waals surface area contributed by atoms with Crippen molar-refractivity contribution in [2.75, 3.05) is 39.3 Å². The van der Waals surface area contributed by atoms with Crippen molar-refractivity contribution in [3.8, 4) is 5.75 Å². The van der Waals surface area contributed by atoms with Crippen LogP contribution in [0.5, 0.6) is 5.75 Å². The van der Waals surface area contributed by atoms with E-state index < -0.39 is 5.97 Å². The number of para-hydroxylation sites is 1. The molecule has 2 rings (SSSR count). The Kier molecular flexibility index (Phi) is 6.21. The standard InChI is InChI=1S/C16H22N2O4/c19-15(7-13-22-14-4-2-1-3-5-14)18-11-9-17(10-12-18)8-6-16(20)21/h1-5H,6-13H2,(H,20,21). The summed E-state index contributed by atoms with van der Waals surface area (Å²) in [5.74, 6) is 0.0826. The van der Waals surface area contributed by atoms with Crippen LogP contribution in [0, 0.1) is 0 Å². The number of hydrogen-bond donors (Lipinski definition) is 1. The number of rotatable bonds is 7. The molecule has 0 spiro atoms. The zero-order chi connectivity index (χ0) is 15.8. The van der Waals surface area contributed by atoms with Gasteiger partial charge in [0.1, 0.15) is 5.75 Å². The highest BCUT2D eigenvalue weighted by Gasteiger charge is 2.21. The molecule has 1 aliphatic rings. The summed E-state index contributed by atoms with van der Waals surface area (Å²) in [7, 11) is 0. The molecule has 1 aliphatic heterocycles. The van der Waals surface area contributed by atoms with Crippen LogP contribution in [0.15, 0.2) is 30.3 Å². The molecule has 6 nitrogen and oxygen atoms in total. The van der Waals surface area contributed by atoms with Gasteiger partial charge in [-0.2, -0.15) is 0 Å². The normalized spacial score (nSPS) is 15.5. The minimum atomic E-state index is -0.781. The third kappa shape index (κ3) is 5.37. The van der Waals surface area contributed by atoms with Crippen molar-refractivity contribution in [2.45, 2.75) is 12.8 Å². The lowest BCUT2D eigenvalue weighted by Gasteiger charge is -2.34. The van der Waals surface area contributed by atoms with Crippen molar-refractivity contribution < 1.29 is 19.4 Å². The van der Waals surface area contributed by atoms with Crippen LogP contribution in [-0.2, 0) is 9.59 Å². The second-order valence-electron chi connectivity index (χ2n) is 5.28. The molecule has 1 aromatic carbocycles. The molecule has 1 N–H and O–H groups in total. The molecule has 1 aromatic rings. The summed E-state index contributed by atoms with van der Waals surface area (Å²) in [5.41, 5.74) is 0. The number of carbonyl (C=O) groups is 2. The van der Waals surface area contributed by atoms with E-state index in [2.05, 4.69) is 4.90 Å². The number of ether oxygens (including phenoxy) is 1. The first kappa shape index (κ1) is 16.3. The Hall–Kier alpha value is -2.08. The Morgan fingerprint density at radius 2 is 1.73 bits per heavy atom. The molecule has 120 valence electrons. The molecular formula is C16H22N2O4. The highest BCUT2D eigenvalue weighted by Crippen LogP contribution is 2.09. The number of piperazine rings is 1. The molecule has 6 heteroatoms. The largest absolute Gasteiger partial charge is 0.493 e. The highest BCUT2D eigenvalue weighted by atomic mass is 16.5. The third-order valence-corrected chi connectivity index (χ3v) is 3.69. The molecule has 0 unspecified atom stereocenters. The first-order chi connectivity index (χ1) is 10.6. The van der Waals surface area contributed by atoms with Crippen LogP contribution in [0.25, 0.3) is 0 Å². The van der Waals surface area contributed by atoms with Gasteiger partial charge in [-0.05, 0) is 12.1 Å². The number of carboxylic acid groups (broad SMARTS) is 1. The van der Waals surface area contributed by atoms with Gasteiger partial charge in [0.2, 0.25) is 5.91 Å². The highest BCUT2D eigenvalue weighted by molar-refractivity contribution is 5.76. The molecular weight excluding hydrogens is 284 g/mol. The Labute approximate surface area is 130 Å². The van der Waals surface area contributed by atoms with Crippen LogP contribution in [0.2, 0.25) is 0 Å². The Balaban J connectivity index is 1.64. The fraction of sp³-hybridized carbons (Fsp3) is 0.500. The topological polar surface area (TPSA) is 70.1 Å². The summed E-state index contributed by atoms with van der Waals surface area (Å²) in [6, 6.07) is 9.44. The number of aliphatic carboxylic acids is 1. The van der Waals surface area contributed by atoms with Crippen LogP contribution < -0.4 is 4.74 Å². The molecule has 0 saturated carbocycles. The number of carbonyl (C=O) groups excluding carboxylic acids is 1. The second-order valence-corrected chi connectivity index (χ2v) is 5.28. The van der Waals surface area contributed by atoms with E-state index in [1.807, 2.05) is 35.2 Å². The number of nitrogens with zero attached hydrogens (tertiary/aromatic N) is 2. The van der Waals surface area contributed by atoms with Gasteiger partial charge in [-0.1, -0.05) is 18.2 Å². The Morgan fingerprint density at radius 3 is 2.36 bits per heavy atom. The van der Waals surface area contributed by atoms with E-state index in [4.69, 9.17) is 9.84 Å². The van der Waals surface area contributed by atoms with Gasteiger partial charge in [0, 0.05) is 32.7 Å². The number of amides is 1. The summed E-state index contributed by atoms with van der Waals surface area (Å²) in [6.07, 6.45) is 0.517. The first-order valence-electron chi connectivity index (χ1n) is 7.55. The van der Waals surface area contributed by atoms with Crippen molar-refractivity contribution in [2.24, 2.45) is 0 Å². The average molecular weight is 306 g/mol. The molecule has 0 radical (unpaired) electrons. The average Bonchev–Trinajstić information content (AvgIpc) is 2.54. The fourth-order valence-electron chi connectivity index (χ4n) is 2.41. The molecule has 1 heterocycles. The van der Waals surface area contributed by atoms with Crippen molar-refractivity contribution in [1.29, 1.82) is 0 Å². The van der Waals surface area contributed by atoms with E-state index in [9.17, 15) is 9.59 Å². The predicted molar refractivity (Wildman–Crippen MR) is 81.8 cm³/mol. The molecule has 1 saturated heterocycles. The van der Waals surface area contributed by atoms with E-state index in [1.165, 1.54) is 0 Å².